The Morgan fingerprint density at radius 3 is 2.61 bits per heavy atom. The van der Waals surface area contributed by atoms with Crippen molar-refractivity contribution in [3.8, 4) is 5.75 Å². The van der Waals surface area contributed by atoms with E-state index in [1.165, 1.54) is 5.56 Å². The van der Waals surface area contributed by atoms with Gasteiger partial charge in [-0.1, -0.05) is 60.7 Å². The van der Waals surface area contributed by atoms with Crippen molar-refractivity contribution in [1.29, 1.82) is 0 Å². The topological polar surface area (TPSA) is 73.8 Å². The molecule has 5 unspecified atom stereocenters. The molecular formula is C34H39BN2O4+2. The van der Waals surface area contributed by atoms with E-state index in [-0.39, 0.29) is 6.04 Å². The number of methoxy groups -OCH3 is 1. The van der Waals surface area contributed by atoms with E-state index in [0.29, 0.717) is 23.8 Å². The summed E-state index contributed by atoms with van der Waals surface area (Å²) in [4.78, 5) is 0. The molecule has 1 aromatic heterocycles. The van der Waals surface area contributed by atoms with E-state index in [1.807, 2.05) is 48.7 Å². The summed E-state index contributed by atoms with van der Waals surface area (Å²) in [5.41, 5.74) is 4.46. The van der Waals surface area contributed by atoms with Crippen LogP contribution in [0.3, 0.4) is 0 Å². The van der Waals surface area contributed by atoms with Crippen LogP contribution in [-0.4, -0.2) is 53.0 Å². The van der Waals surface area contributed by atoms with E-state index in [0.717, 1.165) is 64.7 Å². The van der Waals surface area contributed by atoms with Gasteiger partial charge in [-0.2, -0.15) is 4.57 Å². The Morgan fingerprint density at radius 1 is 1.07 bits per heavy atom. The molecule has 0 spiro atoms. The van der Waals surface area contributed by atoms with Crippen LogP contribution in [-0.2, 0) is 13.1 Å². The summed E-state index contributed by atoms with van der Waals surface area (Å²) in [6, 6.07) is 26.1. The van der Waals surface area contributed by atoms with Gasteiger partial charge in [0.15, 0.2) is 12.7 Å². The average Bonchev–Trinajstić information content (AvgIpc) is 3.01. The smallest absolute Gasteiger partial charge is 0.488 e. The highest BCUT2D eigenvalue weighted by molar-refractivity contribution is 6.59. The summed E-state index contributed by atoms with van der Waals surface area (Å²) in [6.07, 6.45) is 5.64. The van der Waals surface area contributed by atoms with Crippen LogP contribution in [0.15, 0.2) is 97.7 Å². The molecule has 7 rings (SSSR count). The zero-order chi connectivity index (χ0) is 28.6. The van der Waals surface area contributed by atoms with Gasteiger partial charge in [-0.15, -0.1) is 6.58 Å². The van der Waals surface area contributed by atoms with E-state index in [9.17, 15) is 15.2 Å². The fourth-order valence-corrected chi connectivity index (χ4v) is 7.51. The summed E-state index contributed by atoms with van der Waals surface area (Å²) < 4.78 is 8.54. The highest BCUT2D eigenvalue weighted by Gasteiger charge is 2.54. The normalized spacial score (nSPS) is 24.2. The van der Waals surface area contributed by atoms with Crippen LogP contribution in [0, 0.1) is 11.8 Å². The minimum atomic E-state index is -1.55. The lowest BCUT2D eigenvalue weighted by Crippen LogP contribution is -2.67. The van der Waals surface area contributed by atoms with Gasteiger partial charge in [0.1, 0.15) is 24.4 Å². The molecule has 3 aromatic carbocycles. The first kappa shape index (κ1) is 27.7. The third-order valence-electron chi connectivity index (χ3n) is 9.63. The number of ether oxygens (including phenoxy) is 1. The number of aliphatic hydroxyl groups excluding tert-OH is 1. The van der Waals surface area contributed by atoms with Crippen LogP contribution in [0.1, 0.15) is 35.6 Å². The minimum Gasteiger partial charge on any atom is -0.497 e. The largest absolute Gasteiger partial charge is 0.497 e. The van der Waals surface area contributed by atoms with Gasteiger partial charge in [0.05, 0.1) is 31.7 Å². The molecule has 4 heterocycles. The minimum absolute atomic E-state index is 0.0802. The molecule has 3 fully saturated rings. The van der Waals surface area contributed by atoms with Gasteiger partial charge < -0.3 is 24.4 Å². The fourth-order valence-electron chi connectivity index (χ4n) is 7.51. The lowest BCUT2D eigenvalue weighted by atomic mass is 9.71. The summed E-state index contributed by atoms with van der Waals surface area (Å²) in [5.74, 6) is 1.75. The van der Waals surface area contributed by atoms with E-state index in [4.69, 9.17) is 4.74 Å². The van der Waals surface area contributed by atoms with Gasteiger partial charge in [0, 0.05) is 41.5 Å². The first-order valence-corrected chi connectivity index (χ1v) is 14.6. The van der Waals surface area contributed by atoms with Gasteiger partial charge in [-0.05, 0) is 23.5 Å². The quantitative estimate of drug-likeness (QED) is 0.129. The fraction of sp³-hybridized carbons (Fsp3) is 0.324. The predicted octanol–water partition coefficient (Wildman–Crippen LogP) is 3.51. The number of nitrogens with zero attached hydrogens (tertiary/aromatic N) is 2. The highest BCUT2D eigenvalue weighted by atomic mass is 16.5. The maximum absolute atomic E-state index is 12.2. The number of quaternary nitrogens is 1. The Kier molecular flexibility index (Phi) is 7.71. The summed E-state index contributed by atoms with van der Waals surface area (Å²) in [7, 11) is 0.106. The molecule has 0 radical (unpaired) electrons. The Morgan fingerprint density at radius 2 is 1.85 bits per heavy atom. The maximum Gasteiger partial charge on any atom is 0.488 e. The molecule has 210 valence electrons. The lowest BCUT2D eigenvalue weighted by molar-refractivity contribution is -0.984. The van der Waals surface area contributed by atoms with Crippen molar-refractivity contribution >= 4 is 23.5 Å². The van der Waals surface area contributed by atoms with Crippen LogP contribution in [0.2, 0.25) is 0 Å². The van der Waals surface area contributed by atoms with E-state index in [2.05, 4.69) is 47.6 Å². The van der Waals surface area contributed by atoms with E-state index >= 15 is 0 Å². The highest BCUT2D eigenvalue weighted by Crippen LogP contribution is 2.48. The molecule has 6 nitrogen and oxygen atoms in total. The van der Waals surface area contributed by atoms with Gasteiger partial charge in [-0.25, -0.2) is 0 Å². The standard InChI is InChI=1S/C34H39BN2O4/c1-3-25-23-37(22-24-9-5-4-6-10-24)18-16-26(25)19-33(37)34(38)30-15-17-36(32-20-28(41-2)13-14-29(30)32)21-27-11-7-8-12-31(27)35(39)40/h3-15,17,20,25-26,33-34,38-40H,1,16,18-19,21-23H2,2H3/q+2. The molecule has 2 bridgehead atoms. The molecule has 4 aromatic rings. The third kappa shape index (κ3) is 5.19. The van der Waals surface area contributed by atoms with Crippen molar-refractivity contribution in [2.24, 2.45) is 11.8 Å². The van der Waals surface area contributed by atoms with Crippen molar-refractivity contribution in [1.82, 2.24) is 0 Å². The molecule has 3 aliphatic rings. The Labute approximate surface area is 242 Å². The van der Waals surface area contributed by atoms with Gasteiger partial charge in [0.2, 0.25) is 5.52 Å². The number of hydrogen-bond donors (Lipinski definition) is 3. The third-order valence-corrected chi connectivity index (χ3v) is 9.63. The molecule has 5 atom stereocenters. The molecule has 7 heteroatoms. The second-order valence-corrected chi connectivity index (χ2v) is 11.8. The number of pyridine rings is 1. The number of fused-ring (bicyclic) bond motifs is 4. The molecule has 0 aliphatic carbocycles. The zero-order valence-corrected chi connectivity index (χ0v) is 23.6. The molecule has 3 N–H and O–H groups in total. The summed E-state index contributed by atoms with van der Waals surface area (Å²) in [6.45, 7) is 7.59. The van der Waals surface area contributed by atoms with Crippen LogP contribution in [0.5, 0.6) is 5.75 Å². The average molecular weight is 551 g/mol. The molecule has 3 aliphatic heterocycles. The first-order chi connectivity index (χ1) is 19.9. The number of aliphatic hydroxyl groups is 1. The van der Waals surface area contributed by atoms with Crippen molar-refractivity contribution in [3.05, 3.63) is 114 Å². The second-order valence-electron chi connectivity index (χ2n) is 11.8. The molecule has 0 saturated carbocycles. The van der Waals surface area contributed by atoms with Crippen LogP contribution < -0.4 is 14.8 Å². The predicted molar refractivity (Wildman–Crippen MR) is 161 cm³/mol. The SMILES string of the molecule is C=CC1C[N+]2(Cc3ccccc3)CCC1CC2C(O)c1cc[n+](Cc2ccccc2B(O)O)c2cc(OC)ccc12. The van der Waals surface area contributed by atoms with E-state index in [1.54, 1.807) is 13.2 Å². The Hall–Kier alpha value is -3.49. The number of aromatic nitrogens is 1. The van der Waals surface area contributed by atoms with Crippen molar-refractivity contribution in [2.75, 3.05) is 20.2 Å². The first-order valence-electron chi connectivity index (χ1n) is 14.6. The molecule has 3 saturated heterocycles. The second kappa shape index (κ2) is 11.4. The zero-order valence-electron chi connectivity index (χ0n) is 23.6. The summed E-state index contributed by atoms with van der Waals surface area (Å²) >= 11 is 0. The molecular weight excluding hydrogens is 511 g/mol. The van der Waals surface area contributed by atoms with Crippen molar-refractivity contribution in [3.63, 3.8) is 0 Å². The van der Waals surface area contributed by atoms with Crippen LogP contribution >= 0.6 is 0 Å². The summed E-state index contributed by atoms with van der Waals surface area (Å²) in [5, 5.41) is 33.1. The molecule has 41 heavy (non-hydrogen) atoms. The number of piperidine rings is 3. The molecule has 0 amide bonds. The van der Waals surface area contributed by atoms with Gasteiger partial charge in [0.25, 0.3) is 0 Å². The Bertz CT molecular complexity index is 1540. The number of hydrogen-bond acceptors (Lipinski definition) is 4. The van der Waals surface area contributed by atoms with Crippen molar-refractivity contribution < 1.29 is 28.9 Å². The lowest BCUT2D eigenvalue weighted by Gasteiger charge is -2.58. The number of rotatable bonds is 9. The number of benzene rings is 3. The Balaban J connectivity index is 1.41. The van der Waals surface area contributed by atoms with Crippen LogP contribution in [0.25, 0.3) is 10.9 Å². The van der Waals surface area contributed by atoms with Crippen molar-refractivity contribution in [2.45, 2.75) is 38.1 Å². The van der Waals surface area contributed by atoms with Gasteiger partial charge >= 0.3 is 7.12 Å². The maximum atomic E-state index is 12.2. The van der Waals surface area contributed by atoms with Gasteiger partial charge in [-0.3, -0.25) is 0 Å². The monoisotopic (exact) mass is 550 g/mol. The van der Waals surface area contributed by atoms with Crippen LogP contribution in [0.4, 0.5) is 0 Å². The van der Waals surface area contributed by atoms with E-state index < -0.39 is 13.2 Å².